The molecule has 2 unspecified atom stereocenters. The van der Waals surface area contributed by atoms with Gasteiger partial charge in [-0.3, -0.25) is 9.69 Å². The van der Waals surface area contributed by atoms with Gasteiger partial charge in [-0.1, -0.05) is 0 Å². The van der Waals surface area contributed by atoms with E-state index in [2.05, 4.69) is 0 Å². The van der Waals surface area contributed by atoms with Crippen LogP contribution in [-0.4, -0.2) is 60.6 Å². The van der Waals surface area contributed by atoms with E-state index in [1.54, 1.807) is 4.90 Å². The second kappa shape index (κ2) is 5.88. The second-order valence-corrected chi connectivity index (χ2v) is 4.85. The first-order chi connectivity index (χ1) is 8.23. The molecule has 1 aliphatic heterocycles. The molecular weight excluding hydrogens is 247 g/mol. The zero-order valence-corrected chi connectivity index (χ0v) is 10.7. The predicted molar refractivity (Wildman–Crippen MR) is 61.9 cm³/mol. The van der Waals surface area contributed by atoms with Crippen molar-refractivity contribution in [3.05, 3.63) is 0 Å². The number of likely N-dealkylation sites (N-methyl/N-ethyl adjacent to an activating group) is 1. The molecule has 2 atom stereocenters. The summed E-state index contributed by atoms with van der Waals surface area (Å²) < 4.78 is 38.4. The number of rotatable bonds is 4. The van der Waals surface area contributed by atoms with Crippen LogP contribution in [0, 0.1) is 0 Å². The van der Waals surface area contributed by atoms with E-state index in [9.17, 15) is 18.0 Å². The number of halogens is 3. The van der Waals surface area contributed by atoms with E-state index in [-0.39, 0.29) is 12.5 Å². The first kappa shape index (κ1) is 15.2. The Hall–Kier alpha value is -0.820. The average Bonchev–Trinajstić information content (AvgIpc) is 2.65. The lowest BCUT2D eigenvalue weighted by Gasteiger charge is -2.33. The van der Waals surface area contributed by atoms with Crippen molar-refractivity contribution < 1.29 is 18.0 Å². The summed E-state index contributed by atoms with van der Waals surface area (Å²) in [4.78, 5) is 14.4. The second-order valence-electron chi connectivity index (χ2n) is 4.85. The third-order valence-corrected chi connectivity index (χ3v) is 3.15. The highest BCUT2D eigenvalue weighted by molar-refractivity contribution is 5.78. The van der Waals surface area contributed by atoms with Crippen LogP contribution >= 0.6 is 0 Å². The largest absolute Gasteiger partial charge is 0.405 e. The molecule has 106 valence electrons. The first-order valence-electron chi connectivity index (χ1n) is 6.04. The SMILES string of the molecule is CC(N)C(N(C)CC(=O)N1CCCC1)C(F)(F)F. The fraction of sp³-hybridized carbons (Fsp3) is 0.909. The zero-order chi connectivity index (χ0) is 13.9. The molecule has 0 radical (unpaired) electrons. The number of carbonyl (C=O) groups excluding carboxylic acids is 1. The molecule has 18 heavy (non-hydrogen) atoms. The number of nitrogens with zero attached hydrogens (tertiary/aromatic N) is 2. The van der Waals surface area contributed by atoms with E-state index in [0.717, 1.165) is 17.7 Å². The van der Waals surface area contributed by atoms with Crippen LogP contribution in [-0.2, 0) is 4.79 Å². The molecule has 0 aromatic rings. The Morgan fingerprint density at radius 3 is 2.28 bits per heavy atom. The monoisotopic (exact) mass is 267 g/mol. The summed E-state index contributed by atoms with van der Waals surface area (Å²) in [5.41, 5.74) is 5.37. The molecule has 0 aromatic carbocycles. The van der Waals surface area contributed by atoms with Gasteiger partial charge in [0.15, 0.2) is 0 Å². The van der Waals surface area contributed by atoms with E-state index < -0.39 is 18.3 Å². The minimum absolute atomic E-state index is 0.244. The van der Waals surface area contributed by atoms with Crippen molar-refractivity contribution in [1.82, 2.24) is 9.80 Å². The highest BCUT2D eigenvalue weighted by Crippen LogP contribution is 2.26. The van der Waals surface area contributed by atoms with E-state index in [1.165, 1.54) is 14.0 Å². The molecule has 0 spiro atoms. The Morgan fingerprint density at radius 2 is 1.89 bits per heavy atom. The number of hydrogen-bond donors (Lipinski definition) is 1. The van der Waals surface area contributed by atoms with Crippen LogP contribution in [0.3, 0.4) is 0 Å². The Labute approximate surface area is 105 Å². The predicted octanol–water partition coefficient (Wildman–Crippen LogP) is 0.819. The van der Waals surface area contributed by atoms with Gasteiger partial charge in [0, 0.05) is 19.1 Å². The van der Waals surface area contributed by atoms with Gasteiger partial charge < -0.3 is 10.6 Å². The fourth-order valence-corrected chi connectivity index (χ4v) is 2.33. The normalized spacial score (nSPS) is 20.3. The summed E-state index contributed by atoms with van der Waals surface area (Å²) in [7, 11) is 1.29. The van der Waals surface area contributed by atoms with Crippen molar-refractivity contribution in [3.8, 4) is 0 Å². The van der Waals surface area contributed by atoms with E-state index >= 15 is 0 Å². The van der Waals surface area contributed by atoms with Crippen LogP contribution in [0.4, 0.5) is 13.2 Å². The van der Waals surface area contributed by atoms with Crippen LogP contribution in [0.2, 0.25) is 0 Å². The molecule has 0 aromatic heterocycles. The van der Waals surface area contributed by atoms with Crippen molar-refractivity contribution in [3.63, 3.8) is 0 Å². The van der Waals surface area contributed by atoms with Crippen molar-refractivity contribution in [1.29, 1.82) is 0 Å². The Kier molecular flexibility index (Phi) is 4.98. The van der Waals surface area contributed by atoms with Crippen LogP contribution < -0.4 is 5.73 Å². The third kappa shape index (κ3) is 3.84. The van der Waals surface area contributed by atoms with Gasteiger partial charge in [-0.2, -0.15) is 13.2 Å². The molecule has 1 aliphatic rings. The average molecular weight is 267 g/mol. The lowest BCUT2D eigenvalue weighted by atomic mass is 10.1. The maximum absolute atomic E-state index is 12.8. The minimum atomic E-state index is -4.42. The summed E-state index contributed by atoms with van der Waals surface area (Å²) in [6.45, 7) is 2.34. The first-order valence-corrected chi connectivity index (χ1v) is 6.04. The Balaban J connectivity index is 2.61. The van der Waals surface area contributed by atoms with E-state index in [0.29, 0.717) is 13.1 Å². The topological polar surface area (TPSA) is 49.6 Å². The molecule has 1 rings (SSSR count). The fourth-order valence-electron chi connectivity index (χ4n) is 2.33. The molecule has 0 bridgehead atoms. The molecule has 0 saturated carbocycles. The molecule has 4 nitrogen and oxygen atoms in total. The molecule has 1 heterocycles. The third-order valence-electron chi connectivity index (χ3n) is 3.15. The van der Waals surface area contributed by atoms with Gasteiger partial charge in [0.1, 0.15) is 6.04 Å². The van der Waals surface area contributed by atoms with Gasteiger partial charge in [0.25, 0.3) is 0 Å². The Bertz CT molecular complexity index is 288. The summed E-state index contributed by atoms with van der Waals surface area (Å²) in [5.74, 6) is -0.259. The minimum Gasteiger partial charge on any atom is -0.342 e. The van der Waals surface area contributed by atoms with Gasteiger partial charge in [-0.05, 0) is 26.8 Å². The van der Waals surface area contributed by atoms with Gasteiger partial charge in [-0.15, -0.1) is 0 Å². The van der Waals surface area contributed by atoms with Crippen molar-refractivity contribution >= 4 is 5.91 Å². The quantitative estimate of drug-likeness (QED) is 0.820. The maximum Gasteiger partial charge on any atom is 0.405 e. The van der Waals surface area contributed by atoms with Crippen LogP contribution in [0.15, 0.2) is 0 Å². The van der Waals surface area contributed by atoms with Gasteiger partial charge in [-0.25, -0.2) is 0 Å². The number of carbonyl (C=O) groups is 1. The maximum atomic E-state index is 12.8. The lowest BCUT2D eigenvalue weighted by Crippen LogP contribution is -2.55. The molecule has 1 fully saturated rings. The van der Waals surface area contributed by atoms with Crippen LogP contribution in [0.1, 0.15) is 19.8 Å². The molecule has 1 amide bonds. The number of alkyl halides is 3. The summed E-state index contributed by atoms with van der Waals surface area (Å²) >= 11 is 0. The van der Waals surface area contributed by atoms with Crippen LogP contribution in [0.25, 0.3) is 0 Å². The summed E-state index contributed by atoms with van der Waals surface area (Å²) in [6, 6.07) is -2.86. The van der Waals surface area contributed by atoms with Gasteiger partial charge in [0.05, 0.1) is 6.54 Å². The number of nitrogens with two attached hydrogens (primary N) is 1. The number of likely N-dealkylation sites (tertiary alicyclic amines) is 1. The zero-order valence-electron chi connectivity index (χ0n) is 10.7. The highest BCUT2D eigenvalue weighted by atomic mass is 19.4. The van der Waals surface area contributed by atoms with E-state index in [4.69, 9.17) is 5.73 Å². The number of amides is 1. The lowest BCUT2D eigenvalue weighted by molar-refractivity contribution is -0.185. The smallest absolute Gasteiger partial charge is 0.342 e. The Morgan fingerprint density at radius 1 is 1.39 bits per heavy atom. The van der Waals surface area contributed by atoms with Crippen molar-refractivity contribution in [2.45, 2.75) is 38.0 Å². The molecule has 0 aliphatic carbocycles. The summed E-state index contributed by atoms with van der Waals surface area (Å²) in [6.07, 6.45) is -2.58. The van der Waals surface area contributed by atoms with Crippen LogP contribution in [0.5, 0.6) is 0 Å². The van der Waals surface area contributed by atoms with Crippen molar-refractivity contribution in [2.75, 3.05) is 26.7 Å². The molecular formula is C11H20F3N3O. The van der Waals surface area contributed by atoms with Crippen molar-refractivity contribution in [2.24, 2.45) is 5.73 Å². The summed E-state index contributed by atoms with van der Waals surface area (Å²) in [5, 5.41) is 0. The van der Waals surface area contributed by atoms with Gasteiger partial charge >= 0.3 is 6.18 Å². The highest BCUT2D eigenvalue weighted by Gasteiger charge is 2.45. The molecule has 1 saturated heterocycles. The van der Waals surface area contributed by atoms with E-state index in [1.807, 2.05) is 0 Å². The standard InChI is InChI=1S/C11H20F3N3O/c1-8(15)10(11(12,13)14)16(2)7-9(18)17-5-3-4-6-17/h8,10H,3-7,15H2,1-2H3. The molecule has 2 N–H and O–H groups in total. The number of hydrogen-bond acceptors (Lipinski definition) is 3. The molecule has 7 heteroatoms. The van der Waals surface area contributed by atoms with Gasteiger partial charge in [0.2, 0.25) is 5.91 Å².